The minimum Gasteiger partial charge on any atom is -0.330 e. The number of carbonyl (C=O) groups excluding carboxylic acids is 1. The van der Waals surface area contributed by atoms with Gasteiger partial charge < -0.3 is 10.6 Å². The monoisotopic (exact) mass is 301 g/mol. The highest BCUT2D eigenvalue weighted by Gasteiger charge is 2.18. The maximum absolute atomic E-state index is 12.5. The average molecular weight is 301 g/mol. The number of nitrogens with two attached hydrogens (primary N) is 1. The number of aromatic nitrogens is 1. The highest BCUT2D eigenvalue weighted by Crippen LogP contribution is 2.14. The van der Waals surface area contributed by atoms with Crippen LogP contribution < -0.4 is 5.73 Å². The summed E-state index contributed by atoms with van der Waals surface area (Å²) in [5, 5.41) is 2.70. The number of hydrogen-bond acceptors (Lipinski definition) is 4. The van der Waals surface area contributed by atoms with Crippen molar-refractivity contribution >= 4 is 17.2 Å². The van der Waals surface area contributed by atoms with Crippen molar-refractivity contribution in [1.82, 2.24) is 9.88 Å². The van der Waals surface area contributed by atoms with Crippen LogP contribution in [0.15, 0.2) is 48.4 Å². The van der Waals surface area contributed by atoms with Gasteiger partial charge in [0.1, 0.15) is 5.69 Å². The summed E-state index contributed by atoms with van der Waals surface area (Å²) in [6, 6.07) is 9.90. The van der Waals surface area contributed by atoms with Crippen LogP contribution in [0, 0.1) is 0 Å². The molecule has 0 unspecified atom stereocenters. The summed E-state index contributed by atoms with van der Waals surface area (Å²) in [4.78, 5) is 18.6. The molecule has 0 aliphatic heterocycles. The number of thiazole rings is 1. The lowest BCUT2D eigenvalue weighted by atomic mass is 10.2. The van der Waals surface area contributed by atoms with E-state index in [9.17, 15) is 4.79 Å². The Morgan fingerprint density at radius 2 is 2.14 bits per heavy atom. The number of rotatable bonds is 7. The van der Waals surface area contributed by atoms with Crippen LogP contribution in [0.1, 0.15) is 21.1 Å². The van der Waals surface area contributed by atoms with Crippen LogP contribution in [0.25, 0.3) is 0 Å². The molecule has 0 saturated heterocycles. The summed E-state index contributed by atoms with van der Waals surface area (Å²) in [7, 11) is 0. The fraction of sp³-hybridized carbons (Fsp3) is 0.250. The molecule has 0 aliphatic rings. The van der Waals surface area contributed by atoms with Crippen molar-refractivity contribution in [3.8, 4) is 0 Å². The van der Waals surface area contributed by atoms with Crippen molar-refractivity contribution in [3.63, 3.8) is 0 Å². The lowest BCUT2D eigenvalue weighted by Crippen LogP contribution is -2.31. The van der Waals surface area contributed by atoms with Crippen LogP contribution in [-0.2, 0) is 13.0 Å². The van der Waals surface area contributed by atoms with Crippen molar-refractivity contribution in [1.29, 1.82) is 0 Å². The van der Waals surface area contributed by atoms with E-state index >= 15 is 0 Å². The van der Waals surface area contributed by atoms with E-state index in [0.29, 0.717) is 31.7 Å². The summed E-state index contributed by atoms with van der Waals surface area (Å²) in [5.74, 6) is -0.0710. The van der Waals surface area contributed by atoms with Crippen molar-refractivity contribution < 1.29 is 4.79 Å². The van der Waals surface area contributed by atoms with Gasteiger partial charge in [-0.3, -0.25) is 4.79 Å². The van der Waals surface area contributed by atoms with E-state index < -0.39 is 0 Å². The largest absolute Gasteiger partial charge is 0.330 e. The summed E-state index contributed by atoms with van der Waals surface area (Å²) < 4.78 is 0. The number of benzene rings is 1. The van der Waals surface area contributed by atoms with Crippen molar-refractivity contribution in [2.75, 3.05) is 13.1 Å². The summed E-state index contributed by atoms with van der Waals surface area (Å²) in [6.07, 6.45) is 2.44. The number of hydrogen-bond donors (Lipinski definition) is 1. The van der Waals surface area contributed by atoms with Gasteiger partial charge in [-0.2, -0.15) is 0 Å². The summed E-state index contributed by atoms with van der Waals surface area (Å²) in [5.41, 5.74) is 7.09. The van der Waals surface area contributed by atoms with Gasteiger partial charge in [-0.05, 0) is 12.1 Å². The number of amides is 1. The van der Waals surface area contributed by atoms with Gasteiger partial charge in [0.25, 0.3) is 5.91 Å². The Bertz CT molecular complexity index is 595. The zero-order chi connectivity index (χ0) is 15.1. The molecule has 0 saturated carbocycles. The Labute approximate surface area is 128 Å². The molecule has 0 bridgehead atoms. The Balaban J connectivity index is 2.12. The third-order valence-electron chi connectivity index (χ3n) is 2.98. The van der Waals surface area contributed by atoms with Gasteiger partial charge in [-0.25, -0.2) is 4.98 Å². The second kappa shape index (κ2) is 7.71. The SMILES string of the molecule is C=CCN(Cc1ccccc1)C(=O)c1csc(CCN)n1. The first-order valence-electron chi connectivity index (χ1n) is 6.83. The molecule has 1 aromatic heterocycles. The van der Waals surface area contributed by atoms with E-state index in [4.69, 9.17) is 5.73 Å². The first-order chi connectivity index (χ1) is 10.2. The molecular weight excluding hydrogens is 282 g/mol. The smallest absolute Gasteiger partial charge is 0.273 e. The Kier molecular flexibility index (Phi) is 5.66. The van der Waals surface area contributed by atoms with Crippen LogP contribution in [0.5, 0.6) is 0 Å². The van der Waals surface area contributed by atoms with Gasteiger partial charge in [-0.1, -0.05) is 36.4 Å². The van der Waals surface area contributed by atoms with E-state index in [-0.39, 0.29) is 5.91 Å². The van der Waals surface area contributed by atoms with Crippen molar-refractivity contribution in [3.05, 3.63) is 64.6 Å². The fourth-order valence-electron chi connectivity index (χ4n) is 1.99. The predicted octanol–water partition coefficient (Wildman–Crippen LogP) is 2.47. The molecular formula is C16H19N3OS. The Morgan fingerprint density at radius 3 is 2.81 bits per heavy atom. The molecule has 2 N–H and O–H groups in total. The van der Waals surface area contributed by atoms with E-state index in [1.807, 2.05) is 30.3 Å². The van der Waals surface area contributed by atoms with E-state index in [0.717, 1.165) is 10.6 Å². The lowest BCUT2D eigenvalue weighted by Gasteiger charge is -2.20. The van der Waals surface area contributed by atoms with Gasteiger partial charge in [0.05, 0.1) is 5.01 Å². The third kappa shape index (κ3) is 4.24. The first kappa shape index (κ1) is 15.4. The summed E-state index contributed by atoms with van der Waals surface area (Å²) in [6.45, 7) is 5.32. The van der Waals surface area contributed by atoms with Crippen LogP contribution in [-0.4, -0.2) is 28.9 Å². The quantitative estimate of drug-likeness (QED) is 0.799. The van der Waals surface area contributed by atoms with Gasteiger partial charge in [-0.15, -0.1) is 17.9 Å². The second-order valence-corrected chi connectivity index (χ2v) is 5.57. The zero-order valence-electron chi connectivity index (χ0n) is 11.9. The van der Waals surface area contributed by atoms with Crippen LogP contribution in [0.2, 0.25) is 0 Å². The molecule has 21 heavy (non-hydrogen) atoms. The van der Waals surface area contributed by atoms with Gasteiger partial charge >= 0.3 is 0 Å². The second-order valence-electron chi connectivity index (χ2n) is 4.63. The zero-order valence-corrected chi connectivity index (χ0v) is 12.7. The maximum atomic E-state index is 12.5. The average Bonchev–Trinajstić information content (AvgIpc) is 2.96. The molecule has 1 heterocycles. The lowest BCUT2D eigenvalue weighted by molar-refractivity contribution is 0.0757. The molecule has 0 atom stereocenters. The predicted molar refractivity (Wildman–Crippen MR) is 86.3 cm³/mol. The molecule has 0 spiro atoms. The molecule has 0 fully saturated rings. The van der Waals surface area contributed by atoms with Crippen molar-refractivity contribution in [2.45, 2.75) is 13.0 Å². The van der Waals surface area contributed by atoms with Crippen molar-refractivity contribution in [2.24, 2.45) is 5.73 Å². The minimum atomic E-state index is -0.0710. The molecule has 2 rings (SSSR count). The molecule has 0 aliphatic carbocycles. The van der Waals surface area contributed by atoms with Crippen LogP contribution in [0.3, 0.4) is 0 Å². The Hall–Kier alpha value is -1.98. The topological polar surface area (TPSA) is 59.2 Å². The van der Waals surface area contributed by atoms with Crippen LogP contribution >= 0.6 is 11.3 Å². The van der Waals surface area contributed by atoms with Gasteiger partial charge in [0.2, 0.25) is 0 Å². The molecule has 110 valence electrons. The van der Waals surface area contributed by atoms with E-state index in [1.54, 1.807) is 16.4 Å². The number of carbonyl (C=O) groups is 1. The molecule has 4 nitrogen and oxygen atoms in total. The molecule has 1 aromatic carbocycles. The van der Waals surface area contributed by atoms with E-state index in [1.165, 1.54) is 11.3 Å². The van der Waals surface area contributed by atoms with Gasteiger partial charge in [0, 0.05) is 24.9 Å². The molecule has 0 radical (unpaired) electrons. The molecule has 2 aromatic rings. The number of nitrogens with zero attached hydrogens (tertiary/aromatic N) is 2. The van der Waals surface area contributed by atoms with E-state index in [2.05, 4.69) is 11.6 Å². The highest BCUT2D eigenvalue weighted by atomic mass is 32.1. The Morgan fingerprint density at radius 1 is 1.38 bits per heavy atom. The summed E-state index contributed by atoms with van der Waals surface area (Å²) >= 11 is 1.48. The molecule has 5 heteroatoms. The standard InChI is InChI=1S/C16H19N3OS/c1-2-10-19(11-13-6-4-3-5-7-13)16(20)14-12-21-15(18-14)8-9-17/h2-7,12H,1,8-11,17H2. The van der Waals surface area contributed by atoms with Gasteiger partial charge in [0.15, 0.2) is 0 Å². The third-order valence-corrected chi connectivity index (χ3v) is 3.89. The maximum Gasteiger partial charge on any atom is 0.273 e. The first-order valence-corrected chi connectivity index (χ1v) is 7.71. The normalized spacial score (nSPS) is 10.3. The molecule has 1 amide bonds. The fourth-order valence-corrected chi connectivity index (χ4v) is 2.78. The van der Waals surface area contributed by atoms with Crippen LogP contribution in [0.4, 0.5) is 0 Å². The highest BCUT2D eigenvalue weighted by molar-refractivity contribution is 7.09. The minimum absolute atomic E-state index is 0.0710.